The van der Waals surface area contributed by atoms with Crippen LogP contribution in [0.1, 0.15) is 32.6 Å². The molecule has 11 heteroatoms. The van der Waals surface area contributed by atoms with Crippen LogP contribution in [0, 0.1) is 0 Å². The van der Waals surface area contributed by atoms with Gasteiger partial charge < -0.3 is 20.1 Å². The first kappa shape index (κ1) is 26.8. The fraction of sp³-hybridized carbons (Fsp3) is 0.385. The van der Waals surface area contributed by atoms with Gasteiger partial charge in [0.15, 0.2) is 5.65 Å². The first-order valence-electron chi connectivity index (χ1n) is 12.0. The fourth-order valence-electron chi connectivity index (χ4n) is 4.59. The van der Waals surface area contributed by atoms with Gasteiger partial charge in [0.25, 0.3) is 5.56 Å². The molecule has 0 bridgehead atoms. The molecule has 0 saturated heterocycles. The summed E-state index contributed by atoms with van der Waals surface area (Å²) in [6, 6.07) is 1.82. The Hall–Kier alpha value is -3.30. The van der Waals surface area contributed by atoms with E-state index in [4.69, 9.17) is 32.7 Å². The Morgan fingerprint density at radius 1 is 1.16 bits per heavy atom. The molecular weight excluding hydrogens is 515 g/mol. The van der Waals surface area contributed by atoms with E-state index in [0.717, 1.165) is 31.4 Å². The maximum atomic E-state index is 13.6. The summed E-state index contributed by atoms with van der Waals surface area (Å²) >= 11 is 13.2. The monoisotopic (exact) mass is 544 g/mol. The molecule has 1 aliphatic rings. The Balaban J connectivity index is 1.79. The first-order valence-corrected chi connectivity index (χ1v) is 12.8. The van der Waals surface area contributed by atoms with Crippen LogP contribution in [0.25, 0.3) is 22.4 Å². The zero-order chi connectivity index (χ0) is 26.7. The van der Waals surface area contributed by atoms with Crippen molar-refractivity contribution in [1.29, 1.82) is 0 Å². The molecule has 2 heterocycles. The van der Waals surface area contributed by atoms with Crippen molar-refractivity contribution in [3.8, 4) is 22.8 Å². The molecule has 0 amide bonds. The lowest BCUT2D eigenvalue weighted by atomic mass is 9.90. The standard InChI is InChI=1S/C26H30Cl2N6O3/c1-6-14(3)30-15-10-8-9-11-16(15)32-26-29-13-17-24(33-26)34(7-2)25(35)23(31-17)20-21(27)18(36-4)12-19(37-5)22(20)28/h6,12-13,15-16,30H,1,3,7-11H2,2,4-5H3,(H,29,32,33)/t15-,16+/m0/s1. The lowest BCUT2D eigenvalue weighted by molar-refractivity contribution is 0.365. The summed E-state index contributed by atoms with van der Waals surface area (Å²) in [5.74, 6) is 1.05. The summed E-state index contributed by atoms with van der Waals surface area (Å²) in [4.78, 5) is 27.4. The van der Waals surface area contributed by atoms with E-state index in [0.29, 0.717) is 35.2 Å². The number of allylic oxidation sites excluding steroid dienone is 1. The van der Waals surface area contributed by atoms with Gasteiger partial charge in [0.05, 0.1) is 36.0 Å². The summed E-state index contributed by atoms with van der Waals surface area (Å²) < 4.78 is 12.2. The number of methoxy groups -OCH3 is 2. The number of nitrogens with one attached hydrogen (secondary N) is 2. The van der Waals surface area contributed by atoms with Gasteiger partial charge in [0, 0.05) is 30.4 Å². The van der Waals surface area contributed by atoms with Gasteiger partial charge in [-0.3, -0.25) is 9.36 Å². The summed E-state index contributed by atoms with van der Waals surface area (Å²) in [6.45, 7) is 9.97. The Morgan fingerprint density at radius 3 is 2.41 bits per heavy atom. The second kappa shape index (κ2) is 11.4. The molecule has 196 valence electrons. The number of aromatic nitrogens is 4. The van der Waals surface area contributed by atoms with E-state index in [-0.39, 0.29) is 33.4 Å². The molecule has 0 unspecified atom stereocenters. The molecular formula is C26H30Cl2N6O3. The minimum atomic E-state index is -0.391. The number of fused-ring (bicyclic) bond motifs is 1. The molecule has 0 radical (unpaired) electrons. The van der Waals surface area contributed by atoms with Crippen LogP contribution in [0.2, 0.25) is 10.0 Å². The molecule has 37 heavy (non-hydrogen) atoms. The van der Waals surface area contributed by atoms with Crippen molar-refractivity contribution in [2.75, 3.05) is 19.5 Å². The van der Waals surface area contributed by atoms with Crippen molar-refractivity contribution in [3.05, 3.63) is 57.6 Å². The lowest BCUT2D eigenvalue weighted by Gasteiger charge is -2.33. The van der Waals surface area contributed by atoms with E-state index < -0.39 is 5.56 Å². The quantitative estimate of drug-likeness (QED) is 0.354. The molecule has 2 N–H and O–H groups in total. The molecule has 2 aromatic heterocycles. The minimum Gasteiger partial charge on any atom is -0.495 e. The number of benzene rings is 1. The number of ether oxygens (including phenoxy) is 2. The predicted molar refractivity (Wildman–Crippen MR) is 148 cm³/mol. The summed E-state index contributed by atoms with van der Waals surface area (Å²) in [7, 11) is 2.94. The van der Waals surface area contributed by atoms with Crippen LogP contribution in [0.4, 0.5) is 5.95 Å². The highest BCUT2D eigenvalue weighted by Crippen LogP contribution is 2.44. The maximum Gasteiger partial charge on any atom is 0.278 e. The zero-order valence-electron chi connectivity index (χ0n) is 21.1. The Kier molecular flexibility index (Phi) is 8.24. The van der Waals surface area contributed by atoms with Gasteiger partial charge in [-0.05, 0) is 25.8 Å². The molecule has 1 fully saturated rings. The number of hydrogen-bond acceptors (Lipinski definition) is 8. The van der Waals surface area contributed by atoms with Gasteiger partial charge in [-0.15, -0.1) is 0 Å². The highest BCUT2D eigenvalue weighted by Gasteiger charge is 2.27. The van der Waals surface area contributed by atoms with Crippen LogP contribution in [0.5, 0.6) is 11.5 Å². The van der Waals surface area contributed by atoms with E-state index in [2.05, 4.69) is 38.7 Å². The van der Waals surface area contributed by atoms with Gasteiger partial charge in [-0.2, -0.15) is 4.98 Å². The second-order valence-corrected chi connectivity index (χ2v) is 9.47. The number of anilines is 1. The minimum absolute atomic E-state index is 0.0605. The van der Waals surface area contributed by atoms with Crippen LogP contribution in [0.3, 0.4) is 0 Å². The Labute approximate surface area is 225 Å². The Morgan fingerprint density at radius 2 is 1.81 bits per heavy atom. The summed E-state index contributed by atoms with van der Waals surface area (Å²) in [6.07, 6.45) is 7.47. The van der Waals surface area contributed by atoms with E-state index in [1.165, 1.54) is 18.8 Å². The zero-order valence-corrected chi connectivity index (χ0v) is 22.6. The van der Waals surface area contributed by atoms with Crippen molar-refractivity contribution in [2.45, 2.75) is 51.2 Å². The third-order valence-electron chi connectivity index (χ3n) is 6.51. The van der Waals surface area contributed by atoms with Crippen LogP contribution in [-0.4, -0.2) is 45.8 Å². The smallest absolute Gasteiger partial charge is 0.278 e. The highest BCUT2D eigenvalue weighted by atomic mass is 35.5. The molecule has 1 aromatic carbocycles. The average Bonchev–Trinajstić information content (AvgIpc) is 2.90. The molecule has 1 aliphatic carbocycles. The SMILES string of the molecule is C=CC(=C)N[C@H]1CCCC[C@H]1Nc1ncc2nc(-c3c(Cl)c(OC)cc(OC)c3Cl)c(=O)n(CC)c2n1. The molecule has 0 aliphatic heterocycles. The molecule has 9 nitrogen and oxygen atoms in total. The number of rotatable bonds is 9. The number of nitrogens with zero attached hydrogens (tertiary/aromatic N) is 4. The number of aryl methyl sites for hydroxylation is 1. The number of halogens is 2. The first-order chi connectivity index (χ1) is 17.8. The largest absolute Gasteiger partial charge is 0.495 e. The van der Waals surface area contributed by atoms with Crippen molar-refractivity contribution in [1.82, 2.24) is 24.8 Å². The van der Waals surface area contributed by atoms with Crippen LogP contribution in [-0.2, 0) is 6.54 Å². The maximum absolute atomic E-state index is 13.6. The third kappa shape index (κ3) is 5.24. The van der Waals surface area contributed by atoms with E-state index in [9.17, 15) is 4.79 Å². The second-order valence-electron chi connectivity index (χ2n) is 8.71. The molecule has 1 saturated carbocycles. The van der Waals surface area contributed by atoms with Gasteiger partial charge in [-0.25, -0.2) is 9.97 Å². The molecule has 0 spiro atoms. The van der Waals surface area contributed by atoms with E-state index in [1.807, 2.05) is 6.92 Å². The summed E-state index contributed by atoms with van der Waals surface area (Å²) in [5.41, 5.74) is 1.51. The van der Waals surface area contributed by atoms with Gasteiger partial charge in [0.2, 0.25) is 5.95 Å². The van der Waals surface area contributed by atoms with Crippen LogP contribution < -0.4 is 25.7 Å². The van der Waals surface area contributed by atoms with Crippen LogP contribution in [0.15, 0.2) is 42.0 Å². The van der Waals surface area contributed by atoms with Crippen molar-refractivity contribution in [2.24, 2.45) is 0 Å². The van der Waals surface area contributed by atoms with Gasteiger partial charge in [-0.1, -0.05) is 49.2 Å². The van der Waals surface area contributed by atoms with E-state index in [1.54, 1.807) is 18.3 Å². The normalized spacial score (nSPS) is 17.3. The molecule has 2 atom stereocenters. The van der Waals surface area contributed by atoms with Crippen molar-refractivity contribution in [3.63, 3.8) is 0 Å². The molecule has 4 rings (SSSR count). The van der Waals surface area contributed by atoms with Crippen LogP contribution >= 0.6 is 23.2 Å². The highest BCUT2D eigenvalue weighted by molar-refractivity contribution is 6.41. The topological polar surface area (TPSA) is 103 Å². The van der Waals surface area contributed by atoms with Gasteiger partial charge >= 0.3 is 0 Å². The molecule has 3 aromatic rings. The van der Waals surface area contributed by atoms with Crippen molar-refractivity contribution >= 4 is 40.3 Å². The van der Waals surface area contributed by atoms with E-state index >= 15 is 0 Å². The fourth-order valence-corrected chi connectivity index (χ4v) is 5.27. The lowest BCUT2D eigenvalue weighted by Crippen LogP contribution is -2.45. The Bertz CT molecular complexity index is 1380. The third-order valence-corrected chi connectivity index (χ3v) is 7.26. The number of hydrogen-bond donors (Lipinski definition) is 2. The van der Waals surface area contributed by atoms with Gasteiger partial charge in [0.1, 0.15) is 22.7 Å². The van der Waals surface area contributed by atoms with Crippen molar-refractivity contribution < 1.29 is 9.47 Å². The predicted octanol–water partition coefficient (Wildman–Crippen LogP) is 5.21. The summed E-state index contributed by atoms with van der Waals surface area (Å²) in [5, 5.41) is 7.18. The average molecular weight is 545 g/mol.